The van der Waals surface area contributed by atoms with Crippen LogP contribution >= 0.6 is 0 Å². The van der Waals surface area contributed by atoms with Crippen LogP contribution in [0.4, 0.5) is 0 Å². The Labute approximate surface area is 107 Å². The Morgan fingerprint density at radius 3 is 3.11 bits per heavy atom. The fraction of sp³-hybridized carbons (Fsp3) is 0.500. The van der Waals surface area contributed by atoms with E-state index in [9.17, 15) is 4.79 Å². The SMILES string of the molecule is COC1=CCC(N2C(=O)CC3=C2NCC=C3)CC1. The van der Waals surface area contributed by atoms with E-state index in [1.54, 1.807) is 7.11 Å². The van der Waals surface area contributed by atoms with Crippen molar-refractivity contribution in [2.45, 2.75) is 31.7 Å². The van der Waals surface area contributed by atoms with Gasteiger partial charge < -0.3 is 10.1 Å². The molecule has 1 amide bonds. The number of nitrogens with one attached hydrogen (secondary N) is 1. The van der Waals surface area contributed by atoms with E-state index in [4.69, 9.17) is 4.74 Å². The maximum atomic E-state index is 12.1. The van der Waals surface area contributed by atoms with E-state index in [1.807, 2.05) is 4.90 Å². The van der Waals surface area contributed by atoms with Crippen molar-refractivity contribution in [1.29, 1.82) is 0 Å². The Bertz CT molecular complexity index is 462. The van der Waals surface area contributed by atoms with Crippen LogP contribution in [0.15, 0.2) is 35.4 Å². The van der Waals surface area contributed by atoms with E-state index < -0.39 is 0 Å². The van der Waals surface area contributed by atoms with Gasteiger partial charge in [-0.2, -0.15) is 0 Å². The Hall–Kier alpha value is -1.71. The van der Waals surface area contributed by atoms with Crippen molar-refractivity contribution in [3.8, 4) is 0 Å². The van der Waals surface area contributed by atoms with Crippen molar-refractivity contribution in [3.05, 3.63) is 35.4 Å². The molecule has 0 aromatic carbocycles. The van der Waals surface area contributed by atoms with Gasteiger partial charge in [-0.3, -0.25) is 9.69 Å². The fourth-order valence-electron chi connectivity index (χ4n) is 2.91. The summed E-state index contributed by atoms with van der Waals surface area (Å²) in [7, 11) is 1.71. The number of carbonyl (C=O) groups is 1. The minimum atomic E-state index is 0.221. The average Bonchev–Trinajstić information content (AvgIpc) is 2.75. The van der Waals surface area contributed by atoms with Gasteiger partial charge >= 0.3 is 0 Å². The van der Waals surface area contributed by atoms with E-state index in [2.05, 4.69) is 23.5 Å². The first kappa shape index (κ1) is 11.4. The third-order valence-electron chi connectivity index (χ3n) is 3.83. The summed E-state index contributed by atoms with van der Waals surface area (Å²) in [5, 5.41) is 3.33. The van der Waals surface area contributed by atoms with E-state index in [1.165, 1.54) is 0 Å². The van der Waals surface area contributed by atoms with Crippen LogP contribution in [-0.4, -0.2) is 30.5 Å². The molecule has 0 aromatic rings. The van der Waals surface area contributed by atoms with Crippen molar-refractivity contribution in [2.75, 3.05) is 13.7 Å². The molecule has 2 aliphatic heterocycles. The Morgan fingerprint density at radius 2 is 2.39 bits per heavy atom. The molecule has 0 saturated heterocycles. The number of allylic oxidation sites excluding steroid dienone is 2. The molecule has 0 radical (unpaired) electrons. The highest BCUT2D eigenvalue weighted by atomic mass is 16.5. The Balaban J connectivity index is 1.80. The van der Waals surface area contributed by atoms with Crippen LogP contribution in [-0.2, 0) is 9.53 Å². The van der Waals surface area contributed by atoms with Crippen molar-refractivity contribution in [3.63, 3.8) is 0 Å². The largest absolute Gasteiger partial charge is 0.501 e. The Morgan fingerprint density at radius 1 is 1.50 bits per heavy atom. The lowest BCUT2D eigenvalue weighted by molar-refractivity contribution is -0.129. The summed E-state index contributed by atoms with van der Waals surface area (Å²) < 4.78 is 5.25. The third-order valence-corrected chi connectivity index (χ3v) is 3.83. The number of amides is 1. The van der Waals surface area contributed by atoms with Gasteiger partial charge in [-0.1, -0.05) is 12.2 Å². The van der Waals surface area contributed by atoms with Crippen molar-refractivity contribution in [1.82, 2.24) is 10.2 Å². The van der Waals surface area contributed by atoms with Crippen LogP contribution in [0.2, 0.25) is 0 Å². The highest BCUT2D eigenvalue weighted by molar-refractivity contribution is 5.85. The summed E-state index contributed by atoms with van der Waals surface area (Å²) in [6, 6.07) is 0.280. The summed E-state index contributed by atoms with van der Waals surface area (Å²) in [6.45, 7) is 0.814. The van der Waals surface area contributed by atoms with E-state index >= 15 is 0 Å². The van der Waals surface area contributed by atoms with E-state index in [0.29, 0.717) is 6.42 Å². The van der Waals surface area contributed by atoms with Crippen molar-refractivity contribution >= 4 is 5.91 Å². The molecule has 1 unspecified atom stereocenters. The van der Waals surface area contributed by atoms with E-state index in [-0.39, 0.29) is 11.9 Å². The van der Waals surface area contributed by atoms with Crippen LogP contribution in [0.1, 0.15) is 25.7 Å². The molecule has 0 bridgehead atoms. The van der Waals surface area contributed by atoms with Gasteiger partial charge in [0, 0.05) is 24.6 Å². The molecule has 0 saturated carbocycles. The van der Waals surface area contributed by atoms with Crippen LogP contribution in [0.3, 0.4) is 0 Å². The van der Waals surface area contributed by atoms with Gasteiger partial charge in [0.15, 0.2) is 0 Å². The molecular weight excluding hydrogens is 228 g/mol. The van der Waals surface area contributed by atoms with Crippen LogP contribution in [0.25, 0.3) is 0 Å². The molecule has 1 aliphatic carbocycles. The molecule has 3 rings (SSSR count). The lowest BCUT2D eigenvalue weighted by Crippen LogP contribution is -2.41. The molecular formula is C14H18N2O2. The fourth-order valence-corrected chi connectivity index (χ4v) is 2.91. The first-order valence-electron chi connectivity index (χ1n) is 6.48. The maximum Gasteiger partial charge on any atom is 0.232 e. The number of hydrogen-bond acceptors (Lipinski definition) is 3. The van der Waals surface area contributed by atoms with Crippen LogP contribution in [0.5, 0.6) is 0 Å². The molecule has 0 aromatic heterocycles. The van der Waals surface area contributed by atoms with Gasteiger partial charge in [0.1, 0.15) is 5.82 Å². The summed E-state index contributed by atoms with van der Waals surface area (Å²) in [6.07, 6.45) is 9.57. The average molecular weight is 246 g/mol. The number of ether oxygens (including phenoxy) is 1. The standard InChI is InChI=1S/C14H18N2O2/c1-18-12-6-4-11(5-7-12)16-13(17)9-10-3-2-8-15-14(10)16/h2-3,6,11,15H,4-5,7-9H2,1H3. The predicted molar refractivity (Wildman–Crippen MR) is 68.4 cm³/mol. The molecule has 96 valence electrons. The van der Waals surface area contributed by atoms with E-state index in [0.717, 1.165) is 43.0 Å². The van der Waals surface area contributed by atoms with Gasteiger partial charge in [-0.25, -0.2) is 0 Å². The van der Waals surface area contributed by atoms with Gasteiger partial charge in [0.05, 0.1) is 19.3 Å². The highest BCUT2D eigenvalue weighted by Gasteiger charge is 2.35. The second kappa shape index (κ2) is 4.52. The van der Waals surface area contributed by atoms with Gasteiger partial charge in [-0.15, -0.1) is 0 Å². The molecule has 0 spiro atoms. The number of methoxy groups -OCH3 is 1. The minimum Gasteiger partial charge on any atom is -0.501 e. The topological polar surface area (TPSA) is 41.6 Å². The van der Waals surface area contributed by atoms with Crippen molar-refractivity contribution < 1.29 is 9.53 Å². The second-order valence-corrected chi connectivity index (χ2v) is 4.90. The molecule has 0 fully saturated rings. The van der Waals surface area contributed by atoms with Crippen LogP contribution < -0.4 is 5.32 Å². The zero-order valence-electron chi connectivity index (χ0n) is 10.6. The lowest BCUT2D eigenvalue weighted by atomic mass is 9.99. The van der Waals surface area contributed by atoms with Crippen LogP contribution in [0, 0.1) is 0 Å². The molecule has 4 heteroatoms. The maximum absolute atomic E-state index is 12.1. The first-order chi connectivity index (χ1) is 8.79. The first-order valence-corrected chi connectivity index (χ1v) is 6.48. The van der Waals surface area contributed by atoms with Gasteiger partial charge in [-0.05, 0) is 18.9 Å². The molecule has 3 aliphatic rings. The number of nitrogens with zero attached hydrogens (tertiary/aromatic N) is 1. The monoisotopic (exact) mass is 246 g/mol. The molecule has 1 atom stereocenters. The zero-order chi connectivity index (χ0) is 12.5. The summed E-state index contributed by atoms with van der Waals surface area (Å²) in [5.41, 5.74) is 1.13. The number of hydrogen-bond donors (Lipinski definition) is 1. The number of carbonyl (C=O) groups excluding carboxylic acids is 1. The lowest BCUT2D eigenvalue weighted by Gasteiger charge is -2.33. The summed E-state index contributed by atoms with van der Waals surface area (Å²) in [4.78, 5) is 14.1. The Kier molecular flexibility index (Phi) is 2.86. The molecule has 18 heavy (non-hydrogen) atoms. The molecule has 2 heterocycles. The highest BCUT2D eigenvalue weighted by Crippen LogP contribution is 2.32. The number of dihydropyridines is 1. The predicted octanol–water partition coefficient (Wildman–Crippen LogP) is 1.67. The molecule has 1 N–H and O–H groups in total. The van der Waals surface area contributed by atoms with Crippen molar-refractivity contribution in [2.24, 2.45) is 0 Å². The number of rotatable bonds is 2. The normalized spacial score (nSPS) is 26.9. The van der Waals surface area contributed by atoms with Gasteiger partial charge in [0.2, 0.25) is 5.91 Å². The summed E-state index contributed by atoms with van der Waals surface area (Å²) in [5.74, 6) is 2.30. The smallest absolute Gasteiger partial charge is 0.232 e. The minimum absolute atomic E-state index is 0.221. The molecule has 4 nitrogen and oxygen atoms in total. The van der Waals surface area contributed by atoms with Gasteiger partial charge in [0.25, 0.3) is 0 Å². The quantitative estimate of drug-likeness (QED) is 0.806. The zero-order valence-corrected chi connectivity index (χ0v) is 10.6. The summed E-state index contributed by atoms with van der Waals surface area (Å²) >= 11 is 0. The third kappa shape index (κ3) is 1.82. The second-order valence-electron chi connectivity index (χ2n) is 4.90.